The van der Waals surface area contributed by atoms with Crippen LogP contribution in [0.2, 0.25) is 0 Å². The lowest BCUT2D eigenvalue weighted by molar-refractivity contribution is -0.119. The van der Waals surface area contributed by atoms with Gasteiger partial charge >= 0.3 is 0 Å². The highest BCUT2D eigenvalue weighted by Crippen LogP contribution is 2.32. The molecular formula is C22H33FN2O. The fraction of sp³-hybridized carbons (Fsp3) is 0.682. The number of anilines is 1. The normalized spacial score (nSPS) is 19.0. The number of carbonyl (C=O) groups excluding carboxylic acids is 1. The number of carbonyl (C=O) groups is 1. The van der Waals surface area contributed by atoms with Crippen LogP contribution in [-0.2, 0) is 11.2 Å². The van der Waals surface area contributed by atoms with Crippen molar-refractivity contribution < 1.29 is 9.18 Å². The summed E-state index contributed by atoms with van der Waals surface area (Å²) in [6, 6.07) is 3.80. The number of unbranched alkanes of at least 4 members (excludes halogenated alkanes) is 1. The summed E-state index contributed by atoms with van der Waals surface area (Å²) < 4.78 is 14.6. The van der Waals surface area contributed by atoms with Gasteiger partial charge in [-0.05, 0) is 69.3 Å². The molecule has 0 atom stereocenters. The third-order valence-corrected chi connectivity index (χ3v) is 6.10. The second-order valence-electron chi connectivity index (χ2n) is 8.03. The predicted octanol–water partition coefficient (Wildman–Crippen LogP) is 4.71. The average molecular weight is 361 g/mol. The molecule has 0 radical (unpaired) electrons. The van der Waals surface area contributed by atoms with Crippen LogP contribution in [0.1, 0.15) is 63.0 Å². The lowest BCUT2D eigenvalue weighted by atomic mass is 9.91. The number of hydrogen-bond acceptors (Lipinski definition) is 2. The maximum absolute atomic E-state index is 14.6. The number of likely N-dealkylation sites (tertiary alicyclic amines) is 1. The van der Waals surface area contributed by atoms with E-state index in [1.165, 1.54) is 45.2 Å². The van der Waals surface area contributed by atoms with Crippen molar-refractivity contribution in [2.45, 2.75) is 65.2 Å². The van der Waals surface area contributed by atoms with E-state index in [1.807, 2.05) is 12.1 Å². The molecule has 1 saturated heterocycles. The molecule has 1 aromatic rings. The number of piperidine rings is 1. The van der Waals surface area contributed by atoms with Crippen LogP contribution in [0.4, 0.5) is 10.1 Å². The summed E-state index contributed by atoms with van der Waals surface area (Å²) in [4.78, 5) is 16.6. The minimum Gasteiger partial charge on any atom is -0.309 e. The summed E-state index contributed by atoms with van der Waals surface area (Å²) in [7, 11) is 0. The van der Waals surface area contributed by atoms with Gasteiger partial charge in [0.15, 0.2) is 0 Å². The first-order valence-corrected chi connectivity index (χ1v) is 10.4. The molecule has 1 aromatic carbocycles. The lowest BCUT2D eigenvalue weighted by Crippen LogP contribution is -2.39. The fourth-order valence-electron chi connectivity index (χ4n) is 4.38. The number of benzene rings is 1. The number of hydrogen-bond donors (Lipinski definition) is 0. The van der Waals surface area contributed by atoms with Gasteiger partial charge < -0.3 is 9.80 Å². The molecule has 1 fully saturated rings. The van der Waals surface area contributed by atoms with Crippen LogP contribution >= 0.6 is 0 Å². The van der Waals surface area contributed by atoms with Crippen LogP contribution in [0.3, 0.4) is 0 Å². The van der Waals surface area contributed by atoms with Gasteiger partial charge in [0.25, 0.3) is 0 Å². The first kappa shape index (κ1) is 19.3. The topological polar surface area (TPSA) is 23.6 Å². The zero-order valence-electron chi connectivity index (χ0n) is 16.4. The number of amides is 1. The van der Waals surface area contributed by atoms with Gasteiger partial charge in [0.1, 0.15) is 5.82 Å². The maximum Gasteiger partial charge on any atom is 0.227 e. The second kappa shape index (κ2) is 8.98. The first-order valence-electron chi connectivity index (χ1n) is 10.4. The molecule has 0 saturated carbocycles. The Hall–Kier alpha value is -1.42. The molecule has 3 rings (SSSR count). The van der Waals surface area contributed by atoms with E-state index in [1.54, 1.807) is 11.8 Å². The van der Waals surface area contributed by atoms with Gasteiger partial charge in [-0.2, -0.15) is 0 Å². The molecule has 3 nitrogen and oxygen atoms in total. The summed E-state index contributed by atoms with van der Waals surface area (Å²) >= 11 is 0. The van der Waals surface area contributed by atoms with Gasteiger partial charge in [-0.3, -0.25) is 4.79 Å². The average Bonchev–Trinajstić information content (AvgIpc) is 2.65. The third-order valence-electron chi connectivity index (χ3n) is 6.10. The van der Waals surface area contributed by atoms with Crippen LogP contribution in [0.15, 0.2) is 12.1 Å². The standard InChI is InChI=1S/C22H33FN2O/c1-3-4-6-18-11-15-24(16-12-18)13-5-14-25-20(26)10-9-19-8-7-17(2)21(23)22(19)25/h7-8,18H,3-6,9-16H2,1-2H3. The zero-order valence-corrected chi connectivity index (χ0v) is 16.4. The summed E-state index contributed by atoms with van der Waals surface area (Å²) in [6.45, 7) is 8.02. The number of rotatable bonds is 7. The van der Waals surface area contributed by atoms with Crippen molar-refractivity contribution in [3.8, 4) is 0 Å². The number of fused-ring (bicyclic) bond motifs is 1. The van der Waals surface area contributed by atoms with Crippen LogP contribution in [0.5, 0.6) is 0 Å². The monoisotopic (exact) mass is 360 g/mol. The van der Waals surface area contributed by atoms with Gasteiger partial charge in [-0.15, -0.1) is 0 Å². The molecule has 0 N–H and O–H groups in total. The fourth-order valence-corrected chi connectivity index (χ4v) is 4.38. The molecule has 0 bridgehead atoms. The second-order valence-corrected chi connectivity index (χ2v) is 8.03. The first-order chi connectivity index (χ1) is 12.6. The SMILES string of the molecule is CCCCC1CCN(CCCN2C(=O)CCc3ccc(C)c(F)c32)CC1. The van der Waals surface area contributed by atoms with Gasteiger partial charge in [-0.1, -0.05) is 38.3 Å². The van der Waals surface area contributed by atoms with E-state index >= 15 is 0 Å². The number of aryl methyl sites for hydroxylation is 2. The molecule has 1 amide bonds. The van der Waals surface area contributed by atoms with E-state index < -0.39 is 0 Å². The van der Waals surface area contributed by atoms with Crippen molar-refractivity contribution in [1.82, 2.24) is 4.90 Å². The molecule has 0 spiro atoms. The van der Waals surface area contributed by atoms with Crippen molar-refractivity contribution in [2.24, 2.45) is 5.92 Å². The van der Waals surface area contributed by atoms with Crippen molar-refractivity contribution in [2.75, 3.05) is 31.1 Å². The molecule has 4 heteroatoms. The van der Waals surface area contributed by atoms with Crippen LogP contribution in [0, 0.1) is 18.7 Å². The number of halogens is 1. The molecule has 26 heavy (non-hydrogen) atoms. The van der Waals surface area contributed by atoms with Crippen LogP contribution < -0.4 is 4.90 Å². The summed E-state index contributed by atoms with van der Waals surface area (Å²) in [5.41, 5.74) is 2.14. The molecule has 2 aliphatic heterocycles. The highest BCUT2D eigenvalue weighted by atomic mass is 19.1. The van der Waals surface area contributed by atoms with E-state index in [-0.39, 0.29) is 11.7 Å². The Kier molecular flexibility index (Phi) is 6.68. The Morgan fingerprint density at radius 1 is 1.12 bits per heavy atom. The van der Waals surface area contributed by atoms with Crippen LogP contribution in [0.25, 0.3) is 0 Å². The molecule has 0 aromatic heterocycles. The summed E-state index contributed by atoms with van der Waals surface area (Å²) in [6.07, 6.45) is 8.71. The molecule has 2 heterocycles. The van der Waals surface area contributed by atoms with Crippen molar-refractivity contribution in [1.29, 1.82) is 0 Å². The van der Waals surface area contributed by atoms with Crippen molar-refractivity contribution in [3.05, 3.63) is 29.1 Å². The Bertz CT molecular complexity index is 623. The maximum atomic E-state index is 14.6. The van der Waals surface area contributed by atoms with Crippen molar-refractivity contribution in [3.63, 3.8) is 0 Å². The van der Waals surface area contributed by atoms with Gasteiger partial charge in [0.2, 0.25) is 5.91 Å². The van der Waals surface area contributed by atoms with E-state index in [9.17, 15) is 9.18 Å². The molecule has 0 aliphatic carbocycles. The van der Waals surface area contributed by atoms with Crippen LogP contribution in [-0.4, -0.2) is 37.0 Å². The lowest BCUT2D eigenvalue weighted by Gasteiger charge is -2.34. The molecular weight excluding hydrogens is 327 g/mol. The van der Waals surface area contributed by atoms with Crippen molar-refractivity contribution >= 4 is 11.6 Å². The molecule has 2 aliphatic rings. The minimum atomic E-state index is -0.215. The Morgan fingerprint density at radius 3 is 2.62 bits per heavy atom. The highest BCUT2D eigenvalue weighted by molar-refractivity contribution is 5.96. The van der Waals surface area contributed by atoms with Gasteiger partial charge in [0, 0.05) is 13.0 Å². The summed E-state index contributed by atoms with van der Waals surface area (Å²) in [5.74, 6) is 0.756. The minimum absolute atomic E-state index is 0.0697. The van der Waals surface area contributed by atoms with Gasteiger partial charge in [-0.25, -0.2) is 4.39 Å². The summed E-state index contributed by atoms with van der Waals surface area (Å²) in [5, 5.41) is 0. The molecule has 0 unspecified atom stereocenters. The largest absolute Gasteiger partial charge is 0.309 e. The number of nitrogens with zero attached hydrogens (tertiary/aromatic N) is 2. The smallest absolute Gasteiger partial charge is 0.227 e. The Balaban J connectivity index is 1.52. The predicted molar refractivity (Wildman–Crippen MR) is 105 cm³/mol. The third kappa shape index (κ3) is 4.46. The Morgan fingerprint density at radius 2 is 1.88 bits per heavy atom. The van der Waals surface area contributed by atoms with E-state index in [4.69, 9.17) is 0 Å². The molecule has 144 valence electrons. The van der Waals surface area contributed by atoms with Gasteiger partial charge in [0.05, 0.1) is 5.69 Å². The van der Waals surface area contributed by atoms with E-state index in [0.29, 0.717) is 30.6 Å². The van der Waals surface area contributed by atoms with E-state index in [0.717, 1.165) is 24.4 Å². The quantitative estimate of drug-likeness (QED) is 0.703. The Labute approximate surface area is 157 Å². The highest BCUT2D eigenvalue weighted by Gasteiger charge is 2.28. The van der Waals surface area contributed by atoms with E-state index in [2.05, 4.69) is 11.8 Å². The zero-order chi connectivity index (χ0) is 18.5.